The van der Waals surface area contributed by atoms with Crippen LogP contribution in [0.4, 0.5) is 0 Å². The summed E-state index contributed by atoms with van der Waals surface area (Å²) in [7, 11) is -3.33. The SMILES string of the molecule is CCCCS(=O)(=O)C[C@@H](COc1ccccc1)OC(=O)c1ccccc1. The number of carbonyl (C=O) groups excluding carboxylic acids is 1. The molecule has 26 heavy (non-hydrogen) atoms. The second kappa shape index (κ2) is 9.97. The molecule has 0 aliphatic carbocycles. The van der Waals surface area contributed by atoms with E-state index in [-0.39, 0.29) is 18.1 Å². The lowest BCUT2D eigenvalue weighted by atomic mass is 10.2. The molecule has 0 saturated carbocycles. The minimum absolute atomic E-state index is 0.0199. The number of benzene rings is 2. The molecule has 0 aromatic heterocycles. The summed E-state index contributed by atoms with van der Waals surface area (Å²) in [5.74, 6) is -0.135. The summed E-state index contributed by atoms with van der Waals surface area (Å²) in [5, 5.41) is 0. The van der Waals surface area contributed by atoms with Gasteiger partial charge in [0.1, 0.15) is 18.5 Å². The summed E-state index contributed by atoms with van der Waals surface area (Å²) in [6, 6.07) is 17.5. The average molecular weight is 376 g/mol. The zero-order valence-electron chi connectivity index (χ0n) is 14.8. The molecule has 0 bridgehead atoms. The number of para-hydroxylation sites is 1. The molecule has 0 heterocycles. The highest BCUT2D eigenvalue weighted by Gasteiger charge is 2.24. The van der Waals surface area contributed by atoms with Crippen LogP contribution in [0, 0.1) is 0 Å². The zero-order chi connectivity index (χ0) is 18.8. The molecular formula is C20H24O5S. The zero-order valence-corrected chi connectivity index (χ0v) is 15.7. The standard InChI is InChI=1S/C20H24O5S/c1-2-3-14-26(22,23)16-19(15-24-18-12-8-5-9-13-18)25-20(21)17-10-6-4-7-11-17/h4-13,19H,2-3,14-16H2,1H3/t19-/m1/s1. The van der Waals surface area contributed by atoms with Gasteiger partial charge in [0.2, 0.25) is 0 Å². The second-order valence-electron chi connectivity index (χ2n) is 5.99. The molecule has 0 saturated heterocycles. The van der Waals surface area contributed by atoms with E-state index in [4.69, 9.17) is 9.47 Å². The molecule has 2 aromatic rings. The Hall–Kier alpha value is -2.34. The van der Waals surface area contributed by atoms with Gasteiger partial charge in [-0.3, -0.25) is 0 Å². The van der Waals surface area contributed by atoms with Crippen LogP contribution < -0.4 is 4.74 Å². The van der Waals surface area contributed by atoms with Crippen LogP contribution in [0.15, 0.2) is 60.7 Å². The largest absolute Gasteiger partial charge is 0.490 e. The van der Waals surface area contributed by atoms with Crippen LogP contribution in [0.25, 0.3) is 0 Å². The van der Waals surface area contributed by atoms with Gasteiger partial charge in [0.25, 0.3) is 0 Å². The molecule has 5 nitrogen and oxygen atoms in total. The van der Waals surface area contributed by atoms with E-state index >= 15 is 0 Å². The van der Waals surface area contributed by atoms with Crippen LogP contribution in [0.2, 0.25) is 0 Å². The highest BCUT2D eigenvalue weighted by Crippen LogP contribution is 2.12. The van der Waals surface area contributed by atoms with Crippen LogP contribution in [-0.4, -0.2) is 38.6 Å². The van der Waals surface area contributed by atoms with Crippen molar-refractivity contribution in [1.29, 1.82) is 0 Å². The van der Waals surface area contributed by atoms with Crippen molar-refractivity contribution in [3.8, 4) is 5.75 Å². The van der Waals surface area contributed by atoms with Crippen molar-refractivity contribution in [2.24, 2.45) is 0 Å². The Balaban J connectivity index is 2.06. The van der Waals surface area contributed by atoms with E-state index in [0.29, 0.717) is 17.7 Å². The van der Waals surface area contributed by atoms with Gasteiger partial charge in [-0.25, -0.2) is 13.2 Å². The number of esters is 1. The lowest BCUT2D eigenvalue weighted by Crippen LogP contribution is -2.33. The fourth-order valence-corrected chi connectivity index (χ4v) is 3.97. The van der Waals surface area contributed by atoms with Gasteiger partial charge in [-0.1, -0.05) is 49.7 Å². The molecule has 140 valence electrons. The number of hydrogen-bond acceptors (Lipinski definition) is 5. The number of unbranched alkanes of at least 4 members (excludes halogenated alkanes) is 1. The first-order chi connectivity index (χ1) is 12.5. The normalized spacial score (nSPS) is 12.3. The second-order valence-corrected chi connectivity index (χ2v) is 8.21. The predicted molar refractivity (Wildman–Crippen MR) is 101 cm³/mol. The Kier molecular flexibility index (Phi) is 7.66. The molecule has 2 rings (SSSR count). The van der Waals surface area contributed by atoms with E-state index < -0.39 is 21.9 Å². The minimum atomic E-state index is -3.33. The summed E-state index contributed by atoms with van der Waals surface area (Å²) in [6.45, 7) is 1.91. The number of hydrogen-bond donors (Lipinski definition) is 0. The Bertz CT molecular complexity index is 772. The lowest BCUT2D eigenvalue weighted by molar-refractivity contribution is 0.0237. The van der Waals surface area contributed by atoms with E-state index in [2.05, 4.69) is 0 Å². The third-order valence-electron chi connectivity index (χ3n) is 3.71. The summed E-state index contributed by atoms with van der Waals surface area (Å²) in [5.41, 5.74) is 0.378. The first-order valence-electron chi connectivity index (χ1n) is 8.64. The van der Waals surface area contributed by atoms with Gasteiger partial charge in [-0.15, -0.1) is 0 Å². The van der Waals surface area contributed by atoms with Crippen LogP contribution in [-0.2, 0) is 14.6 Å². The molecule has 0 radical (unpaired) electrons. The third-order valence-corrected chi connectivity index (χ3v) is 5.50. The average Bonchev–Trinajstić information content (AvgIpc) is 2.66. The van der Waals surface area contributed by atoms with Gasteiger partial charge in [0.05, 0.1) is 17.1 Å². The number of sulfone groups is 1. The van der Waals surface area contributed by atoms with E-state index in [1.165, 1.54) is 0 Å². The van der Waals surface area contributed by atoms with Gasteiger partial charge >= 0.3 is 5.97 Å². The van der Waals surface area contributed by atoms with Crippen LogP contribution in [0.5, 0.6) is 5.75 Å². The lowest BCUT2D eigenvalue weighted by Gasteiger charge is -2.19. The van der Waals surface area contributed by atoms with Gasteiger partial charge in [-0.05, 0) is 30.7 Å². The highest BCUT2D eigenvalue weighted by molar-refractivity contribution is 7.91. The highest BCUT2D eigenvalue weighted by atomic mass is 32.2. The molecule has 0 N–H and O–H groups in total. The van der Waals surface area contributed by atoms with Crippen LogP contribution in [0.3, 0.4) is 0 Å². The molecular weight excluding hydrogens is 352 g/mol. The van der Waals surface area contributed by atoms with E-state index in [1.807, 2.05) is 25.1 Å². The molecule has 0 aliphatic heterocycles. The summed E-state index contributed by atoms with van der Waals surface area (Å²) in [6.07, 6.45) is 0.500. The van der Waals surface area contributed by atoms with Crippen LogP contribution >= 0.6 is 0 Å². The molecule has 0 aliphatic rings. The fraction of sp³-hybridized carbons (Fsp3) is 0.350. The molecule has 2 aromatic carbocycles. The Morgan fingerprint density at radius 2 is 1.62 bits per heavy atom. The van der Waals surface area contributed by atoms with Crippen molar-refractivity contribution in [2.75, 3.05) is 18.1 Å². The maximum absolute atomic E-state index is 12.3. The predicted octanol–water partition coefficient (Wildman–Crippen LogP) is 3.51. The molecule has 0 unspecified atom stereocenters. The Morgan fingerprint density at radius 3 is 2.23 bits per heavy atom. The topological polar surface area (TPSA) is 69.7 Å². The van der Waals surface area contributed by atoms with Gasteiger partial charge < -0.3 is 9.47 Å². The molecule has 0 fully saturated rings. The molecule has 1 atom stereocenters. The number of rotatable bonds is 10. The smallest absolute Gasteiger partial charge is 0.338 e. The molecule has 6 heteroatoms. The van der Waals surface area contributed by atoms with E-state index in [0.717, 1.165) is 6.42 Å². The maximum atomic E-state index is 12.3. The van der Waals surface area contributed by atoms with Crippen molar-refractivity contribution in [3.63, 3.8) is 0 Å². The summed E-state index contributed by atoms with van der Waals surface area (Å²) >= 11 is 0. The number of carbonyl (C=O) groups is 1. The first kappa shape index (κ1) is 20.0. The van der Waals surface area contributed by atoms with Crippen LogP contribution in [0.1, 0.15) is 30.1 Å². The fourth-order valence-electron chi connectivity index (χ4n) is 2.35. The Morgan fingerprint density at radius 1 is 1.00 bits per heavy atom. The molecule has 0 amide bonds. The summed E-state index contributed by atoms with van der Waals surface area (Å²) in [4.78, 5) is 12.3. The quantitative estimate of drug-likeness (QED) is 0.594. The van der Waals surface area contributed by atoms with Crippen molar-refractivity contribution < 1.29 is 22.7 Å². The van der Waals surface area contributed by atoms with Gasteiger partial charge in [-0.2, -0.15) is 0 Å². The molecule has 0 spiro atoms. The van der Waals surface area contributed by atoms with E-state index in [1.54, 1.807) is 42.5 Å². The van der Waals surface area contributed by atoms with Gasteiger partial charge in [0.15, 0.2) is 9.84 Å². The monoisotopic (exact) mass is 376 g/mol. The third kappa shape index (κ3) is 6.88. The van der Waals surface area contributed by atoms with Gasteiger partial charge in [0, 0.05) is 0 Å². The van der Waals surface area contributed by atoms with Crippen molar-refractivity contribution in [3.05, 3.63) is 66.2 Å². The van der Waals surface area contributed by atoms with Crippen molar-refractivity contribution in [2.45, 2.75) is 25.9 Å². The summed E-state index contributed by atoms with van der Waals surface area (Å²) < 4.78 is 35.6. The van der Waals surface area contributed by atoms with Crippen molar-refractivity contribution >= 4 is 15.8 Å². The van der Waals surface area contributed by atoms with Crippen molar-refractivity contribution in [1.82, 2.24) is 0 Å². The number of ether oxygens (including phenoxy) is 2. The first-order valence-corrected chi connectivity index (χ1v) is 10.5. The Labute approximate surface area is 154 Å². The minimum Gasteiger partial charge on any atom is -0.490 e. The maximum Gasteiger partial charge on any atom is 0.338 e. The van der Waals surface area contributed by atoms with E-state index in [9.17, 15) is 13.2 Å².